The van der Waals surface area contributed by atoms with Crippen LogP contribution in [0.1, 0.15) is 5.69 Å². The van der Waals surface area contributed by atoms with E-state index in [1.807, 2.05) is 18.2 Å². The van der Waals surface area contributed by atoms with Crippen molar-refractivity contribution in [2.45, 2.75) is 6.61 Å². The summed E-state index contributed by atoms with van der Waals surface area (Å²) in [6.45, 7) is 0.406. The molecule has 0 saturated carbocycles. The van der Waals surface area contributed by atoms with Crippen molar-refractivity contribution in [2.24, 2.45) is 5.73 Å². The number of rotatable bonds is 4. The van der Waals surface area contributed by atoms with Crippen LogP contribution in [-0.2, 0) is 6.61 Å². The van der Waals surface area contributed by atoms with Gasteiger partial charge in [-0.2, -0.15) is 0 Å². The molecule has 2 aromatic rings. The van der Waals surface area contributed by atoms with E-state index in [9.17, 15) is 4.79 Å². The fourth-order valence-electron chi connectivity index (χ4n) is 1.42. The van der Waals surface area contributed by atoms with Crippen molar-refractivity contribution in [3.63, 3.8) is 0 Å². The van der Waals surface area contributed by atoms with E-state index < -0.39 is 6.03 Å². The third kappa shape index (κ3) is 3.48. The van der Waals surface area contributed by atoms with Gasteiger partial charge in [0.1, 0.15) is 12.4 Å². The van der Waals surface area contributed by atoms with E-state index in [-0.39, 0.29) is 0 Å². The van der Waals surface area contributed by atoms with Crippen LogP contribution >= 0.6 is 0 Å². The maximum Gasteiger partial charge on any atom is 0.316 e. The molecule has 0 bridgehead atoms. The average molecular weight is 243 g/mol. The molecule has 1 heterocycles. The normalized spacial score (nSPS) is 9.78. The quantitative estimate of drug-likeness (QED) is 0.863. The topological polar surface area (TPSA) is 77.2 Å². The second-order valence-electron chi connectivity index (χ2n) is 3.62. The fraction of sp³-hybridized carbons (Fsp3) is 0.0769. The number of pyridine rings is 1. The molecular weight excluding hydrogens is 230 g/mol. The van der Waals surface area contributed by atoms with E-state index in [0.29, 0.717) is 18.0 Å². The third-order valence-corrected chi connectivity index (χ3v) is 2.23. The van der Waals surface area contributed by atoms with Crippen molar-refractivity contribution in [2.75, 3.05) is 5.32 Å². The number of nitrogens with two attached hydrogens (primary N) is 1. The Balaban J connectivity index is 1.92. The predicted molar refractivity (Wildman–Crippen MR) is 68.2 cm³/mol. The van der Waals surface area contributed by atoms with Gasteiger partial charge >= 0.3 is 6.03 Å². The number of carbonyl (C=O) groups is 1. The Morgan fingerprint density at radius 2 is 2.00 bits per heavy atom. The largest absolute Gasteiger partial charge is 0.487 e. The number of ether oxygens (including phenoxy) is 1. The lowest BCUT2D eigenvalue weighted by Crippen LogP contribution is -2.19. The number of carbonyl (C=O) groups excluding carboxylic acids is 1. The molecule has 0 aliphatic heterocycles. The molecule has 0 unspecified atom stereocenters. The minimum Gasteiger partial charge on any atom is -0.487 e. The highest BCUT2D eigenvalue weighted by molar-refractivity contribution is 5.87. The van der Waals surface area contributed by atoms with E-state index >= 15 is 0 Å². The lowest BCUT2D eigenvalue weighted by atomic mass is 10.3. The van der Waals surface area contributed by atoms with Crippen molar-refractivity contribution in [3.8, 4) is 5.75 Å². The van der Waals surface area contributed by atoms with E-state index in [0.717, 1.165) is 5.69 Å². The minimum absolute atomic E-state index is 0.406. The molecule has 0 saturated heterocycles. The van der Waals surface area contributed by atoms with Crippen LogP contribution in [0.3, 0.4) is 0 Å². The Morgan fingerprint density at radius 1 is 1.22 bits per heavy atom. The highest BCUT2D eigenvalue weighted by Crippen LogP contribution is 2.16. The van der Waals surface area contributed by atoms with Crippen LogP contribution in [0.2, 0.25) is 0 Å². The SMILES string of the molecule is NC(=O)Nc1ccc(OCc2ccccn2)cc1. The van der Waals surface area contributed by atoms with Gasteiger partial charge in [0, 0.05) is 11.9 Å². The molecule has 18 heavy (non-hydrogen) atoms. The maximum atomic E-state index is 10.6. The van der Waals surface area contributed by atoms with Crippen molar-refractivity contribution in [1.82, 2.24) is 4.98 Å². The van der Waals surface area contributed by atoms with Gasteiger partial charge in [0.2, 0.25) is 0 Å². The van der Waals surface area contributed by atoms with Crippen LogP contribution in [0, 0.1) is 0 Å². The molecule has 1 aromatic heterocycles. The summed E-state index contributed by atoms with van der Waals surface area (Å²) in [6.07, 6.45) is 1.72. The van der Waals surface area contributed by atoms with Crippen LogP contribution in [0.4, 0.5) is 10.5 Å². The Morgan fingerprint density at radius 3 is 2.61 bits per heavy atom. The zero-order valence-electron chi connectivity index (χ0n) is 9.67. The zero-order chi connectivity index (χ0) is 12.8. The molecule has 92 valence electrons. The van der Waals surface area contributed by atoms with Gasteiger partial charge in [-0.3, -0.25) is 4.98 Å². The van der Waals surface area contributed by atoms with E-state index in [2.05, 4.69) is 10.3 Å². The van der Waals surface area contributed by atoms with Crippen molar-refractivity contribution in [1.29, 1.82) is 0 Å². The first kappa shape index (κ1) is 11.9. The molecule has 5 heteroatoms. The van der Waals surface area contributed by atoms with Crippen LogP contribution in [0.15, 0.2) is 48.7 Å². The summed E-state index contributed by atoms with van der Waals surface area (Å²) in [5.41, 5.74) is 6.50. The van der Waals surface area contributed by atoms with Gasteiger partial charge in [-0.05, 0) is 36.4 Å². The molecule has 5 nitrogen and oxygen atoms in total. The summed E-state index contributed by atoms with van der Waals surface area (Å²) in [7, 11) is 0. The second-order valence-corrected chi connectivity index (χ2v) is 3.62. The molecule has 0 aliphatic carbocycles. The average Bonchev–Trinajstić information content (AvgIpc) is 2.38. The summed E-state index contributed by atoms with van der Waals surface area (Å²) in [5.74, 6) is 0.704. The van der Waals surface area contributed by atoms with Crippen LogP contribution in [0.5, 0.6) is 5.75 Å². The van der Waals surface area contributed by atoms with Gasteiger partial charge in [-0.1, -0.05) is 6.07 Å². The second kappa shape index (κ2) is 5.67. The molecule has 0 atom stereocenters. The van der Waals surface area contributed by atoms with Gasteiger partial charge in [0.15, 0.2) is 0 Å². The molecular formula is C13H13N3O2. The van der Waals surface area contributed by atoms with Crippen LogP contribution in [-0.4, -0.2) is 11.0 Å². The number of anilines is 1. The Kier molecular flexibility index (Phi) is 3.76. The molecule has 0 fully saturated rings. The number of hydrogen-bond donors (Lipinski definition) is 2. The first-order valence-electron chi connectivity index (χ1n) is 5.43. The first-order valence-corrected chi connectivity index (χ1v) is 5.43. The van der Waals surface area contributed by atoms with Crippen LogP contribution in [0.25, 0.3) is 0 Å². The smallest absolute Gasteiger partial charge is 0.316 e. The summed E-state index contributed by atoms with van der Waals surface area (Å²) >= 11 is 0. The molecule has 0 aliphatic rings. The number of benzene rings is 1. The molecule has 2 rings (SSSR count). The van der Waals surface area contributed by atoms with Gasteiger partial charge < -0.3 is 15.8 Å². The number of amides is 2. The Bertz CT molecular complexity index is 512. The summed E-state index contributed by atoms with van der Waals surface area (Å²) < 4.78 is 5.55. The molecule has 2 amide bonds. The maximum absolute atomic E-state index is 10.6. The highest BCUT2D eigenvalue weighted by atomic mass is 16.5. The monoisotopic (exact) mass is 243 g/mol. The summed E-state index contributed by atoms with van der Waals surface area (Å²) in [4.78, 5) is 14.8. The molecule has 1 aromatic carbocycles. The van der Waals surface area contributed by atoms with Gasteiger partial charge in [-0.25, -0.2) is 4.79 Å². The van der Waals surface area contributed by atoms with Gasteiger partial charge in [0.05, 0.1) is 5.69 Å². The highest BCUT2D eigenvalue weighted by Gasteiger charge is 1.98. The number of nitrogens with zero attached hydrogens (tertiary/aromatic N) is 1. The lowest BCUT2D eigenvalue weighted by molar-refractivity contribution is 0.259. The summed E-state index contributed by atoms with van der Waals surface area (Å²) in [5, 5.41) is 2.48. The van der Waals surface area contributed by atoms with Crippen LogP contribution < -0.4 is 15.8 Å². The van der Waals surface area contributed by atoms with Crippen molar-refractivity contribution in [3.05, 3.63) is 54.4 Å². The number of nitrogens with one attached hydrogen (secondary N) is 1. The molecule has 0 spiro atoms. The molecule has 3 N–H and O–H groups in total. The third-order valence-electron chi connectivity index (χ3n) is 2.23. The zero-order valence-corrected chi connectivity index (χ0v) is 9.67. The Hall–Kier alpha value is -2.56. The molecule has 0 radical (unpaired) electrons. The lowest BCUT2D eigenvalue weighted by Gasteiger charge is -2.06. The van der Waals surface area contributed by atoms with E-state index in [1.165, 1.54) is 0 Å². The number of hydrogen-bond acceptors (Lipinski definition) is 3. The van der Waals surface area contributed by atoms with E-state index in [4.69, 9.17) is 10.5 Å². The van der Waals surface area contributed by atoms with Crippen molar-refractivity contribution < 1.29 is 9.53 Å². The fourth-order valence-corrected chi connectivity index (χ4v) is 1.42. The van der Waals surface area contributed by atoms with E-state index in [1.54, 1.807) is 30.5 Å². The number of urea groups is 1. The minimum atomic E-state index is -0.586. The number of aromatic nitrogens is 1. The summed E-state index contributed by atoms with van der Waals surface area (Å²) in [6, 6.07) is 12.0. The van der Waals surface area contributed by atoms with Gasteiger partial charge in [0.25, 0.3) is 0 Å². The first-order chi connectivity index (χ1) is 8.74. The standard InChI is InChI=1S/C13H13N3O2/c14-13(17)16-10-4-6-12(7-5-10)18-9-11-3-1-2-8-15-11/h1-8H,9H2,(H3,14,16,17). The Labute approximate surface area is 105 Å². The van der Waals surface area contributed by atoms with Gasteiger partial charge in [-0.15, -0.1) is 0 Å². The number of primary amides is 1. The van der Waals surface area contributed by atoms with Crippen molar-refractivity contribution >= 4 is 11.7 Å². The predicted octanol–water partition coefficient (Wildman–Crippen LogP) is 2.15.